The van der Waals surface area contributed by atoms with E-state index in [1.807, 2.05) is 19.1 Å². The van der Waals surface area contributed by atoms with Gasteiger partial charge >= 0.3 is 0 Å². The molecular formula is C18H30N2O2. The summed E-state index contributed by atoms with van der Waals surface area (Å²) in [4.78, 5) is 2.37. The van der Waals surface area contributed by atoms with Gasteiger partial charge in [-0.3, -0.25) is 4.90 Å². The lowest BCUT2D eigenvalue weighted by Crippen LogP contribution is -2.43. The van der Waals surface area contributed by atoms with Gasteiger partial charge in [0.05, 0.1) is 0 Å². The number of aliphatic hydroxyl groups excluding tert-OH is 1. The fourth-order valence-corrected chi connectivity index (χ4v) is 3.09. The maximum Gasteiger partial charge on any atom is 0.124 e. The maximum absolute atomic E-state index is 10.3. The predicted octanol–water partition coefficient (Wildman–Crippen LogP) is 3.04. The van der Waals surface area contributed by atoms with Crippen molar-refractivity contribution in [2.75, 3.05) is 31.6 Å². The Bertz CT molecular complexity index is 464. The van der Waals surface area contributed by atoms with Gasteiger partial charge in [-0.05, 0) is 52.3 Å². The van der Waals surface area contributed by atoms with Gasteiger partial charge in [0.25, 0.3) is 0 Å². The highest BCUT2D eigenvalue weighted by atomic mass is 16.5. The predicted molar refractivity (Wildman–Crippen MR) is 91.7 cm³/mol. The summed E-state index contributed by atoms with van der Waals surface area (Å²) in [5.41, 5.74) is 2.20. The lowest BCUT2D eigenvalue weighted by Gasteiger charge is -2.34. The standard InChI is InChI=1S/C18H30N2O2/c1-4-19-17-9-7-10-18(15(17)3)22-13-16(21)12-20-11-6-5-8-14(20)2/h7,9-10,14,16,19,21H,4-6,8,11-13H2,1-3H3/t14-,16-/m0/s1. The van der Waals surface area contributed by atoms with E-state index in [-0.39, 0.29) is 0 Å². The molecule has 0 bridgehead atoms. The molecule has 0 spiro atoms. The van der Waals surface area contributed by atoms with Crippen LogP contribution in [-0.2, 0) is 0 Å². The number of hydrogen-bond donors (Lipinski definition) is 2. The molecule has 2 rings (SSSR count). The topological polar surface area (TPSA) is 44.7 Å². The van der Waals surface area contributed by atoms with E-state index in [0.29, 0.717) is 19.2 Å². The van der Waals surface area contributed by atoms with Crippen molar-refractivity contribution in [2.45, 2.75) is 52.2 Å². The zero-order valence-corrected chi connectivity index (χ0v) is 14.1. The normalized spacial score (nSPS) is 20.6. The van der Waals surface area contributed by atoms with Crippen LogP contribution in [0.1, 0.15) is 38.7 Å². The number of anilines is 1. The summed E-state index contributed by atoms with van der Waals surface area (Å²) >= 11 is 0. The molecule has 1 heterocycles. The van der Waals surface area contributed by atoms with Crippen LogP contribution in [0.4, 0.5) is 5.69 Å². The van der Waals surface area contributed by atoms with Crippen molar-refractivity contribution in [1.82, 2.24) is 4.90 Å². The van der Waals surface area contributed by atoms with Gasteiger partial charge in [0.15, 0.2) is 0 Å². The third-order valence-corrected chi connectivity index (χ3v) is 4.47. The van der Waals surface area contributed by atoms with Crippen molar-refractivity contribution < 1.29 is 9.84 Å². The summed E-state index contributed by atoms with van der Waals surface area (Å²) in [6, 6.07) is 6.57. The Hall–Kier alpha value is -1.26. The number of hydrogen-bond acceptors (Lipinski definition) is 4. The quantitative estimate of drug-likeness (QED) is 0.813. The number of likely N-dealkylation sites (tertiary alicyclic amines) is 1. The molecular weight excluding hydrogens is 276 g/mol. The highest BCUT2D eigenvalue weighted by Crippen LogP contribution is 2.25. The van der Waals surface area contributed by atoms with Gasteiger partial charge in [-0.25, -0.2) is 0 Å². The number of piperidine rings is 1. The molecule has 1 aromatic carbocycles. The fourth-order valence-electron chi connectivity index (χ4n) is 3.09. The summed E-state index contributed by atoms with van der Waals surface area (Å²) in [6.45, 7) is 9.40. The third-order valence-electron chi connectivity index (χ3n) is 4.47. The second-order valence-corrected chi connectivity index (χ2v) is 6.26. The van der Waals surface area contributed by atoms with Gasteiger partial charge in [-0.2, -0.15) is 0 Å². The molecule has 1 aromatic rings. The molecule has 124 valence electrons. The molecule has 0 aromatic heterocycles. The molecule has 0 radical (unpaired) electrons. The molecule has 1 saturated heterocycles. The molecule has 0 saturated carbocycles. The highest BCUT2D eigenvalue weighted by Gasteiger charge is 2.21. The summed E-state index contributed by atoms with van der Waals surface area (Å²) < 4.78 is 5.85. The van der Waals surface area contributed by atoms with Crippen molar-refractivity contribution in [3.8, 4) is 5.75 Å². The van der Waals surface area contributed by atoms with Gasteiger partial charge in [-0.1, -0.05) is 12.5 Å². The number of aliphatic hydroxyl groups is 1. The minimum atomic E-state index is -0.442. The molecule has 4 heteroatoms. The van der Waals surface area contributed by atoms with E-state index in [4.69, 9.17) is 4.74 Å². The first-order chi connectivity index (χ1) is 10.6. The maximum atomic E-state index is 10.3. The summed E-state index contributed by atoms with van der Waals surface area (Å²) in [5.74, 6) is 0.851. The Morgan fingerprint density at radius 1 is 1.41 bits per heavy atom. The minimum Gasteiger partial charge on any atom is -0.490 e. The summed E-state index contributed by atoms with van der Waals surface area (Å²) in [6.07, 6.45) is 3.34. The minimum absolute atomic E-state index is 0.347. The van der Waals surface area contributed by atoms with Crippen molar-refractivity contribution >= 4 is 5.69 Å². The largest absolute Gasteiger partial charge is 0.490 e. The van der Waals surface area contributed by atoms with Crippen molar-refractivity contribution in [1.29, 1.82) is 0 Å². The van der Waals surface area contributed by atoms with Crippen LogP contribution < -0.4 is 10.1 Å². The van der Waals surface area contributed by atoms with E-state index in [2.05, 4.69) is 30.1 Å². The van der Waals surface area contributed by atoms with Crippen LogP contribution in [0.2, 0.25) is 0 Å². The Labute approximate surface area is 134 Å². The van der Waals surface area contributed by atoms with Crippen molar-refractivity contribution in [3.05, 3.63) is 23.8 Å². The van der Waals surface area contributed by atoms with Crippen LogP contribution in [-0.4, -0.2) is 48.4 Å². The molecule has 1 fully saturated rings. The molecule has 4 nitrogen and oxygen atoms in total. The van der Waals surface area contributed by atoms with E-state index >= 15 is 0 Å². The molecule has 0 aliphatic carbocycles. The fraction of sp³-hybridized carbons (Fsp3) is 0.667. The monoisotopic (exact) mass is 306 g/mol. The molecule has 22 heavy (non-hydrogen) atoms. The zero-order valence-electron chi connectivity index (χ0n) is 14.1. The first kappa shape index (κ1) is 17.1. The van der Waals surface area contributed by atoms with Crippen LogP contribution in [0.5, 0.6) is 5.75 Å². The van der Waals surface area contributed by atoms with Gasteiger partial charge < -0.3 is 15.2 Å². The number of nitrogens with one attached hydrogen (secondary N) is 1. The number of rotatable bonds is 7. The Balaban J connectivity index is 1.85. The zero-order chi connectivity index (χ0) is 15.9. The van der Waals surface area contributed by atoms with Gasteiger partial charge in [0.2, 0.25) is 0 Å². The number of β-amino-alcohol motifs (C(OH)–C–C–N with tert-alkyl or cyclic N) is 1. The molecule has 1 aliphatic heterocycles. The van der Waals surface area contributed by atoms with E-state index in [1.54, 1.807) is 0 Å². The smallest absolute Gasteiger partial charge is 0.124 e. The Morgan fingerprint density at radius 3 is 2.95 bits per heavy atom. The average molecular weight is 306 g/mol. The lowest BCUT2D eigenvalue weighted by atomic mass is 10.0. The number of nitrogens with zero attached hydrogens (tertiary/aromatic N) is 1. The van der Waals surface area contributed by atoms with E-state index in [0.717, 1.165) is 30.1 Å². The van der Waals surface area contributed by atoms with Gasteiger partial charge in [0.1, 0.15) is 18.5 Å². The average Bonchev–Trinajstić information content (AvgIpc) is 2.51. The van der Waals surface area contributed by atoms with Crippen LogP contribution in [0, 0.1) is 6.92 Å². The van der Waals surface area contributed by atoms with Gasteiger partial charge in [0, 0.05) is 30.4 Å². The Kier molecular flexibility index (Phi) is 6.52. The molecule has 0 amide bonds. The number of ether oxygens (including phenoxy) is 1. The molecule has 2 atom stereocenters. The van der Waals surface area contributed by atoms with E-state index < -0.39 is 6.10 Å². The second kappa shape index (κ2) is 8.39. The van der Waals surface area contributed by atoms with Crippen molar-refractivity contribution in [2.24, 2.45) is 0 Å². The van der Waals surface area contributed by atoms with Gasteiger partial charge in [-0.15, -0.1) is 0 Å². The summed E-state index contributed by atoms with van der Waals surface area (Å²) in [7, 11) is 0. The SMILES string of the molecule is CCNc1cccc(OC[C@@H](O)CN2CCCC[C@@H]2C)c1C. The van der Waals surface area contributed by atoms with E-state index in [9.17, 15) is 5.11 Å². The molecule has 2 N–H and O–H groups in total. The van der Waals surface area contributed by atoms with Crippen LogP contribution in [0.15, 0.2) is 18.2 Å². The molecule has 1 aliphatic rings. The number of benzene rings is 1. The molecule has 0 unspecified atom stereocenters. The van der Waals surface area contributed by atoms with Crippen molar-refractivity contribution in [3.63, 3.8) is 0 Å². The van der Waals surface area contributed by atoms with Crippen LogP contribution >= 0.6 is 0 Å². The van der Waals surface area contributed by atoms with E-state index in [1.165, 1.54) is 19.3 Å². The Morgan fingerprint density at radius 2 is 2.23 bits per heavy atom. The third kappa shape index (κ3) is 4.62. The first-order valence-electron chi connectivity index (χ1n) is 8.50. The second-order valence-electron chi connectivity index (χ2n) is 6.26. The highest BCUT2D eigenvalue weighted by molar-refractivity contribution is 5.56. The van der Waals surface area contributed by atoms with Crippen LogP contribution in [0.3, 0.4) is 0 Å². The van der Waals surface area contributed by atoms with Crippen LogP contribution in [0.25, 0.3) is 0 Å². The first-order valence-corrected chi connectivity index (χ1v) is 8.50. The summed E-state index contributed by atoms with van der Waals surface area (Å²) in [5, 5.41) is 13.6. The lowest BCUT2D eigenvalue weighted by molar-refractivity contribution is 0.0436.